The van der Waals surface area contributed by atoms with Crippen LogP contribution in [0.5, 0.6) is 0 Å². The topological polar surface area (TPSA) is 59.9 Å². The first kappa shape index (κ1) is 20.5. The minimum absolute atomic E-state index is 0. The molecule has 0 aliphatic heterocycles. The fourth-order valence-corrected chi connectivity index (χ4v) is 2.79. The number of carbonyl (C=O) groups excluding carboxylic acids is 2. The third-order valence-electron chi connectivity index (χ3n) is 4.16. The molecule has 0 amide bonds. The Morgan fingerprint density at radius 1 is 0.586 bits per heavy atom. The van der Waals surface area contributed by atoms with Gasteiger partial charge in [-0.3, -0.25) is 9.97 Å². The number of hydrogen-bond donors (Lipinski definition) is 0. The summed E-state index contributed by atoms with van der Waals surface area (Å²) in [5.41, 5.74) is 2.89. The Morgan fingerprint density at radius 2 is 1.03 bits per heavy atom. The average molecular weight is 557 g/mol. The maximum atomic E-state index is 12.6. The fraction of sp³-hybridized carbons (Fsp3) is 0. The van der Waals surface area contributed by atoms with Crippen molar-refractivity contribution in [1.29, 1.82) is 0 Å². The molecular weight excluding hydrogens is 543 g/mol. The molecule has 5 heteroatoms. The second-order valence-corrected chi connectivity index (χ2v) is 6.04. The first-order valence-electron chi connectivity index (χ1n) is 8.69. The van der Waals surface area contributed by atoms with Gasteiger partial charge in [0.1, 0.15) is 11.6 Å². The molecule has 2 heterocycles. The Bertz CT molecular complexity index is 1050. The third kappa shape index (κ3) is 4.61. The molecule has 0 spiro atoms. The first-order chi connectivity index (χ1) is 13.7. The van der Waals surface area contributed by atoms with Crippen LogP contribution in [0.1, 0.15) is 32.1 Å². The van der Waals surface area contributed by atoms with Gasteiger partial charge in [0.05, 0.1) is 11.4 Å². The third-order valence-corrected chi connectivity index (χ3v) is 4.16. The van der Waals surface area contributed by atoms with E-state index in [4.69, 9.17) is 0 Å². The van der Waals surface area contributed by atoms with Gasteiger partial charge in [0.25, 0.3) is 0 Å². The van der Waals surface area contributed by atoms with Gasteiger partial charge in [-0.25, -0.2) is 0 Å². The fourth-order valence-electron chi connectivity index (χ4n) is 2.79. The van der Waals surface area contributed by atoms with Crippen LogP contribution in [0.3, 0.4) is 0 Å². The molecule has 0 aliphatic carbocycles. The van der Waals surface area contributed by atoms with Crippen LogP contribution >= 0.6 is 0 Å². The summed E-state index contributed by atoms with van der Waals surface area (Å²) in [5.74, 6) is -0.411. The summed E-state index contributed by atoms with van der Waals surface area (Å²) in [7, 11) is 0. The van der Waals surface area contributed by atoms with Crippen molar-refractivity contribution in [2.24, 2.45) is 0 Å². The average Bonchev–Trinajstić information content (AvgIpc) is 2.79. The molecule has 142 valence electrons. The molecule has 0 atom stereocenters. The standard InChI is InChI=1S/C24H14N2O2.Pt/c27-23(21-11-1-3-13-25-21)19-9-5-7-17(15-19)18-8-6-10-20(16-18)24(28)22-12-2-4-14-26-22;/h1-14H;/q-2;+2. The largest absolute Gasteiger partial charge is 2.00 e. The molecular formula is C24H14N2O2Pt. The number of carbonyl (C=O) groups is 2. The zero-order valence-electron chi connectivity index (χ0n) is 15.1. The normalized spacial score (nSPS) is 10.1. The number of benzene rings is 2. The van der Waals surface area contributed by atoms with Gasteiger partial charge in [-0.15, -0.1) is 24.3 Å². The number of aromatic nitrogens is 2. The minimum atomic E-state index is -0.205. The van der Waals surface area contributed by atoms with Crippen molar-refractivity contribution in [3.8, 4) is 11.1 Å². The van der Waals surface area contributed by atoms with Crippen molar-refractivity contribution in [3.05, 3.63) is 120 Å². The monoisotopic (exact) mass is 557 g/mol. The molecule has 4 nitrogen and oxygen atoms in total. The van der Waals surface area contributed by atoms with E-state index in [1.165, 1.54) is 0 Å². The van der Waals surface area contributed by atoms with Gasteiger partial charge in [0.15, 0.2) is 0 Å². The summed E-state index contributed by atoms with van der Waals surface area (Å²) in [6, 6.07) is 27.2. The molecule has 0 fully saturated rings. The SMILES string of the molecule is O=C(c1[c-]c(-c2[c-]c(C(=O)c3ccccn3)ccc2)ccc1)c1ccccn1.[Pt+2]. The van der Waals surface area contributed by atoms with E-state index in [9.17, 15) is 9.59 Å². The molecule has 0 aliphatic rings. The van der Waals surface area contributed by atoms with E-state index in [2.05, 4.69) is 22.1 Å². The molecule has 0 saturated carbocycles. The van der Waals surface area contributed by atoms with Crippen molar-refractivity contribution in [3.63, 3.8) is 0 Å². The second kappa shape index (κ2) is 9.31. The van der Waals surface area contributed by atoms with E-state index in [0.717, 1.165) is 0 Å². The summed E-state index contributed by atoms with van der Waals surface area (Å²) >= 11 is 0. The Balaban J connectivity index is 0.00000240. The van der Waals surface area contributed by atoms with Crippen molar-refractivity contribution < 1.29 is 30.7 Å². The van der Waals surface area contributed by atoms with Crippen LogP contribution in [0.25, 0.3) is 11.1 Å². The van der Waals surface area contributed by atoms with Gasteiger partial charge in [0, 0.05) is 12.4 Å². The van der Waals surface area contributed by atoms with Crippen LogP contribution in [0.2, 0.25) is 0 Å². The number of hydrogen-bond acceptors (Lipinski definition) is 4. The molecule has 29 heavy (non-hydrogen) atoms. The molecule has 0 N–H and O–H groups in total. The Hall–Kier alpha value is -3.23. The summed E-state index contributed by atoms with van der Waals surface area (Å²) in [6.07, 6.45) is 3.16. The summed E-state index contributed by atoms with van der Waals surface area (Å²) < 4.78 is 0. The van der Waals surface area contributed by atoms with Crippen LogP contribution in [-0.2, 0) is 21.1 Å². The zero-order chi connectivity index (χ0) is 19.3. The molecule has 2 aromatic heterocycles. The van der Waals surface area contributed by atoms with Crippen LogP contribution in [0.4, 0.5) is 0 Å². The quantitative estimate of drug-likeness (QED) is 0.273. The number of pyridine rings is 2. The van der Waals surface area contributed by atoms with Gasteiger partial charge < -0.3 is 9.59 Å². The molecule has 0 saturated heterocycles. The van der Waals surface area contributed by atoms with Gasteiger partial charge >= 0.3 is 21.1 Å². The predicted octanol–water partition coefficient (Wildman–Crippen LogP) is 4.20. The zero-order valence-corrected chi connectivity index (χ0v) is 17.4. The van der Waals surface area contributed by atoms with E-state index in [1.54, 1.807) is 73.1 Å². The summed E-state index contributed by atoms with van der Waals surface area (Å²) in [5, 5.41) is 0. The van der Waals surface area contributed by atoms with Crippen molar-refractivity contribution in [2.75, 3.05) is 0 Å². The van der Waals surface area contributed by atoms with E-state index in [-0.39, 0.29) is 32.6 Å². The number of rotatable bonds is 5. The smallest absolute Gasteiger partial charge is 0.333 e. The maximum absolute atomic E-state index is 12.6. The van der Waals surface area contributed by atoms with Gasteiger partial charge in [-0.2, -0.15) is 35.4 Å². The molecule has 0 unspecified atom stereocenters. The summed E-state index contributed by atoms with van der Waals surface area (Å²) in [6.45, 7) is 0. The van der Waals surface area contributed by atoms with Crippen molar-refractivity contribution in [2.45, 2.75) is 0 Å². The molecule has 4 rings (SSSR count). The molecule has 2 aromatic carbocycles. The van der Waals surface area contributed by atoms with Crippen LogP contribution in [0.15, 0.2) is 85.2 Å². The van der Waals surface area contributed by atoms with Gasteiger partial charge in [-0.05, 0) is 24.3 Å². The first-order valence-corrected chi connectivity index (χ1v) is 8.69. The maximum Gasteiger partial charge on any atom is 2.00 e. The van der Waals surface area contributed by atoms with E-state index < -0.39 is 0 Å². The van der Waals surface area contributed by atoms with Gasteiger partial charge in [-0.1, -0.05) is 23.3 Å². The van der Waals surface area contributed by atoms with Crippen LogP contribution < -0.4 is 0 Å². The van der Waals surface area contributed by atoms with E-state index in [0.29, 0.717) is 33.6 Å². The second-order valence-electron chi connectivity index (χ2n) is 6.04. The van der Waals surface area contributed by atoms with Crippen LogP contribution in [-0.4, -0.2) is 21.5 Å². The molecule has 0 radical (unpaired) electrons. The van der Waals surface area contributed by atoms with E-state index >= 15 is 0 Å². The Labute approximate surface area is 182 Å². The summed E-state index contributed by atoms with van der Waals surface area (Å²) in [4.78, 5) is 33.4. The number of ketones is 2. The van der Waals surface area contributed by atoms with Crippen molar-refractivity contribution in [1.82, 2.24) is 9.97 Å². The Kier molecular flexibility index (Phi) is 6.58. The van der Waals surface area contributed by atoms with Crippen molar-refractivity contribution >= 4 is 11.6 Å². The predicted molar refractivity (Wildman–Crippen MR) is 105 cm³/mol. The minimum Gasteiger partial charge on any atom is -0.333 e. The molecule has 4 aromatic rings. The van der Waals surface area contributed by atoms with E-state index in [1.807, 2.05) is 12.1 Å². The Morgan fingerprint density at radius 3 is 1.41 bits per heavy atom. The molecule has 0 bridgehead atoms. The number of nitrogens with zero attached hydrogens (tertiary/aromatic N) is 2. The van der Waals surface area contributed by atoms with Crippen LogP contribution in [0, 0.1) is 12.1 Å². The van der Waals surface area contributed by atoms with Gasteiger partial charge in [0.2, 0.25) is 0 Å².